The molecule has 1 amide bonds. The molecule has 1 atom stereocenters. The lowest BCUT2D eigenvalue weighted by Crippen LogP contribution is -2.47. The maximum atomic E-state index is 12.4. The van der Waals surface area contributed by atoms with Crippen molar-refractivity contribution in [1.29, 1.82) is 0 Å². The molecule has 20 heavy (non-hydrogen) atoms. The lowest BCUT2D eigenvalue weighted by Gasteiger charge is -2.31. The molecule has 1 aromatic rings. The number of hydrogen-bond acceptors (Lipinski definition) is 3. The van der Waals surface area contributed by atoms with Crippen LogP contribution in [0.1, 0.15) is 28.8 Å². The van der Waals surface area contributed by atoms with Crippen molar-refractivity contribution in [2.75, 3.05) is 13.1 Å². The van der Waals surface area contributed by atoms with E-state index in [0.29, 0.717) is 30.0 Å². The molecular formula is C13H17ClN2O3S. The van der Waals surface area contributed by atoms with Gasteiger partial charge in [-0.1, -0.05) is 17.7 Å². The summed E-state index contributed by atoms with van der Waals surface area (Å²) >= 11 is 6.01. The highest BCUT2D eigenvalue weighted by Gasteiger charge is 2.30. The lowest BCUT2D eigenvalue weighted by atomic mass is 10.1. The van der Waals surface area contributed by atoms with Crippen molar-refractivity contribution in [2.45, 2.75) is 25.0 Å². The van der Waals surface area contributed by atoms with Crippen molar-refractivity contribution in [1.82, 2.24) is 4.90 Å². The molecule has 1 unspecified atom stereocenters. The third-order valence-corrected chi connectivity index (χ3v) is 5.27. The molecule has 0 bridgehead atoms. The van der Waals surface area contributed by atoms with Gasteiger partial charge in [-0.15, -0.1) is 0 Å². The Hall–Kier alpha value is -1.11. The Balaban J connectivity index is 2.18. The van der Waals surface area contributed by atoms with E-state index in [1.54, 1.807) is 18.2 Å². The van der Waals surface area contributed by atoms with Gasteiger partial charge in [0, 0.05) is 23.7 Å². The van der Waals surface area contributed by atoms with E-state index >= 15 is 0 Å². The Bertz CT molecular complexity index is 631. The molecule has 1 aromatic carbocycles. The van der Waals surface area contributed by atoms with E-state index < -0.39 is 15.3 Å². The molecule has 5 nitrogen and oxygen atoms in total. The minimum Gasteiger partial charge on any atom is -0.337 e. The van der Waals surface area contributed by atoms with Gasteiger partial charge in [-0.05, 0) is 37.5 Å². The first-order chi connectivity index (χ1) is 9.29. The highest BCUT2D eigenvalue weighted by molar-refractivity contribution is 7.89. The van der Waals surface area contributed by atoms with E-state index in [2.05, 4.69) is 0 Å². The molecule has 2 rings (SSSR count). The SMILES string of the molecule is Cc1ccc(C(=O)N2CCCC(S(N)(=O)=O)C2)cc1Cl. The monoisotopic (exact) mass is 316 g/mol. The van der Waals surface area contributed by atoms with Crippen molar-refractivity contribution in [3.05, 3.63) is 34.3 Å². The van der Waals surface area contributed by atoms with Crippen LogP contribution in [0.25, 0.3) is 0 Å². The van der Waals surface area contributed by atoms with Crippen molar-refractivity contribution < 1.29 is 13.2 Å². The zero-order chi connectivity index (χ0) is 14.9. The number of piperidine rings is 1. The number of sulfonamides is 1. The van der Waals surface area contributed by atoms with Crippen molar-refractivity contribution in [3.63, 3.8) is 0 Å². The smallest absolute Gasteiger partial charge is 0.253 e. The standard InChI is InChI=1S/C13H17ClN2O3S/c1-9-4-5-10(7-12(9)14)13(17)16-6-2-3-11(8-16)20(15,18)19/h4-5,7,11H,2-3,6,8H2,1H3,(H2,15,18,19). The van der Waals surface area contributed by atoms with E-state index in [0.717, 1.165) is 5.56 Å². The molecule has 1 heterocycles. The van der Waals surface area contributed by atoms with Gasteiger partial charge in [-0.25, -0.2) is 13.6 Å². The summed E-state index contributed by atoms with van der Waals surface area (Å²) in [5.74, 6) is -0.208. The largest absolute Gasteiger partial charge is 0.337 e. The minimum absolute atomic E-state index is 0.142. The Morgan fingerprint density at radius 3 is 2.75 bits per heavy atom. The third kappa shape index (κ3) is 3.31. The van der Waals surface area contributed by atoms with Gasteiger partial charge < -0.3 is 4.90 Å². The van der Waals surface area contributed by atoms with Gasteiger partial charge in [-0.2, -0.15) is 0 Å². The van der Waals surface area contributed by atoms with Gasteiger partial charge in [0.05, 0.1) is 5.25 Å². The Morgan fingerprint density at radius 1 is 1.45 bits per heavy atom. The van der Waals surface area contributed by atoms with Crippen LogP contribution < -0.4 is 5.14 Å². The van der Waals surface area contributed by atoms with Gasteiger partial charge in [0.15, 0.2) is 0 Å². The Labute approximate surface area is 123 Å². The molecule has 1 aliphatic heterocycles. The second-order valence-corrected chi connectivity index (χ2v) is 7.32. The van der Waals surface area contributed by atoms with Crippen molar-refractivity contribution >= 4 is 27.5 Å². The first-order valence-corrected chi connectivity index (χ1v) is 8.35. The van der Waals surface area contributed by atoms with Crippen LogP contribution in [0.5, 0.6) is 0 Å². The molecule has 0 aromatic heterocycles. The average molecular weight is 317 g/mol. The van der Waals surface area contributed by atoms with Crippen molar-refractivity contribution in [2.24, 2.45) is 5.14 Å². The summed E-state index contributed by atoms with van der Waals surface area (Å²) in [6, 6.07) is 5.08. The predicted octanol–water partition coefficient (Wildman–Crippen LogP) is 1.54. The number of halogens is 1. The zero-order valence-corrected chi connectivity index (χ0v) is 12.7. The summed E-state index contributed by atoms with van der Waals surface area (Å²) in [6.45, 7) is 2.54. The maximum absolute atomic E-state index is 12.4. The van der Waals surface area contributed by atoms with E-state index in [-0.39, 0.29) is 12.5 Å². The highest BCUT2D eigenvalue weighted by atomic mass is 35.5. The number of nitrogens with zero attached hydrogens (tertiary/aromatic N) is 1. The number of benzene rings is 1. The summed E-state index contributed by atoms with van der Waals surface area (Å²) in [5.41, 5.74) is 1.36. The average Bonchev–Trinajstić information content (AvgIpc) is 2.40. The molecule has 1 saturated heterocycles. The summed E-state index contributed by atoms with van der Waals surface area (Å²) in [7, 11) is -3.61. The summed E-state index contributed by atoms with van der Waals surface area (Å²) in [6.07, 6.45) is 1.13. The maximum Gasteiger partial charge on any atom is 0.253 e. The van der Waals surface area contributed by atoms with Gasteiger partial charge in [-0.3, -0.25) is 4.79 Å². The fourth-order valence-corrected chi connectivity index (χ4v) is 3.36. The number of aryl methyl sites for hydroxylation is 1. The van der Waals surface area contributed by atoms with Crippen LogP contribution in [0, 0.1) is 6.92 Å². The summed E-state index contributed by atoms with van der Waals surface area (Å²) in [5, 5.41) is 5.01. The molecular weight excluding hydrogens is 300 g/mol. The Morgan fingerprint density at radius 2 is 2.15 bits per heavy atom. The molecule has 1 aliphatic rings. The van der Waals surface area contributed by atoms with Gasteiger partial charge in [0.1, 0.15) is 0 Å². The van der Waals surface area contributed by atoms with Crippen LogP contribution >= 0.6 is 11.6 Å². The molecule has 0 aliphatic carbocycles. The van der Waals surface area contributed by atoms with E-state index in [9.17, 15) is 13.2 Å². The summed E-state index contributed by atoms with van der Waals surface area (Å²) in [4.78, 5) is 13.9. The van der Waals surface area contributed by atoms with Gasteiger partial charge in [0.25, 0.3) is 5.91 Å². The second kappa shape index (κ2) is 5.71. The summed E-state index contributed by atoms with van der Waals surface area (Å²) < 4.78 is 22.8. The third-order valence-electron chi connectivity index (χ3n) is 3.55. The minimum atomic E-state index is -3.61. The van der Waals surface area contributed by atoms with Crippen molar-refractivity contribution in [3.8, 4) is 0 Å². The molecule has 0 saturated carbocycles. The van der Waals surface area contributed by atoms with Crippen LogP contribution in [0.3, 0.4) is 0 Å². The number of nitrogens with two attached hydrogens (primary N) is 1. The first-order valence-electron chi connectivity index (χ1n) is 6.36. The zero-order valence-electron chi connectivity index (χ0n) is 11.2. The van der Waals surface area contributed by atoms with Crippen LogP contribution in [-0.2, 0) is 10.0 Å². The number of carbonyl (C=O) groups is 1. The fraction of sp³-hybridized carbons (Fsp3) is 0.462. The van der Waals surface area contributed by atoms with E-state index in [4.69, 9.17) is 16.7 Å². The molecule has 0 radical (unpaired) electrons. The number of carbonyl (C=O) groups excluding carboxylic acids is 1. The normalized spacial score (nSPS) is 19.9. The molecule has 0 spiro atoms. The van der Waals surface area contributed by atoms with Crippen LogP contribution in [0.15, 0.2) is 18.2 Å². The topological polar surface area (TPSA) is 80.5 Å². The molecule has 7 heteroatoms. The first kappa shape index (κ1) is 15.3. The highest BCUT2D eigenvalue weighted by Crippen LogP contribution is 2.21. The number of rotatable bonds is 2. The predicted molar refractivity (Wildman–Crippen MR) is 78.2 cm³/mol. The Kier molecular flexibility index (Phi) is 4.36. The molecule has 110 valence electrons. The van der Waals surface area contributed by atoms with Crippen LogP contribution in [0.2, 0.25) is 5.02 Å². The number of likely N-dealkylation sites (tertiary alicyclic amines) is 1. The van der Waals surface area contributed by atoms with Gasteiger partial charge >= 0.3 is 0 Å². The van der Waals surface area contributed by atoms with E-state index in [1.165, 1.54) is 4.90 Å². The molecule has 2 N–H and O–H groups in total. The van der Waals surface area contributed by atoms with E-state index in [1.807, 2.05) is 6.92 Å². The molecule has 1 fully saturated rings. The lowest BCUT2D eigenvalue weighted by molar-refractivity contribution is 0.0727. The van der Waals surface area contributed by atoms with Crippen LogP contribution in [0.4, 0.5) is 0 Å². The number of hydrogen-bond donors (Lipinski definition) is 1. The fourth-order valence-electron chi connectivity index (χ4n) is 2.30. The number of amides is 1. The number of primary sulfonamides is 1. The van der Waals surface area contributed by atoms with Crippen LogP contribution in [-0.4, -0.2) is 37.6 Å². The quantitative estimate of drug-likeness (QED) is 0.898. The second-order valence-electron chi connectivity index (χ2n) is 5.07. The van der Waals surface area contributed by atoms with Gasteiger partial charge in [0.2, 0.25) is 10.0 Å².